The Balaban J connectivity index is 1.72. The highest BCUT2D eigenvalue weighted by Crippen LogP contribution is 2.30. The number of carbonyl (C=O) groups is 1. The molecule has 5 nitrogen and oxygen atoms in total. The average Bonchev–Trinajstić information content (AvgIpc) is 3.10. The summed E-state index contributed by atoms with van der Waals surface area (Å²) in [6.07, 6.45) is 3.15. The minimum Gasteiger partial charge on any atom is -0.494 e. The van der Waals surface area contributed by atoms with Gasteiger partial charge < -0.3 is 10.1 Å². The summed E-state index contributed by atoms with van der Waals surface area (Å²) >= 11 is 5.89. The number of aromatic nitrogens is 2. The molecule has 112 valence electrons. The van der Waals surface area contributed by atoms with E-state index in [0.29, 0.717) is 27.6 Å². The van der Waals surface area contributed by atoms with Crippen molar-refractivity contribution in [2.24, 2.45) is 4.99 Å². The Morgan fingerprint density at radius 1 is 1.04 bits per heavy atom. The van der Waals surface area contributed by atoms with Crippen molar-refractivity contribution in [3.05, 3.63) is 70.6 Å². The van der Waals surface area contributed by atoms with Gasteiger partial charge in [0.1, 0.15) is 5.71 Å². The molecule has 6 heteroatoms. The molecule has 0 saturated carbocycles. The molecule has 1 aromatic carbocycles. The highest BCUT2D eigenvalue weighted by molar-refractivity contribution is 6.30. The van der Waals surface area contributed by atoms with Crippen LogP contribution < -0.4 is 0 Å². The number of nitrogens with zero attached hydrogens (tertiary/aromatic N) is 2. The lowest BCUT2D eigenvalue weighted by Crippen LogP contribution is -2.02. The van der Waals surface area contributed by atoms with Crippen molar-refractivity contribution in [3.63, 3.8) is 0 Å². The van der Waals surface area contributed by atoms with Gasteiger partial charge in [0.2, 0.25) is 0 Å². The zero-order valence-electron chi connectivity index (χ0n) is 11.7. The third kappa shape index (κ3) is 2.22. The van der Waals surface area contributed by atoms with Crippen LogP contribution in [0, 0.1) is 0 Å². The van der Waals surface area contributed by atoms with Crippen LogP contribution in [-0.2, 0) is 0 Å². The average molecular weight is 324 g/mol. The zero-order valence-corrected chi connectivity index (χ0v) is 12.5. The third-order valence-electron chi connectivity index (χ3n) is 3.72. The van der Waals surface area contributed by atoms with Gasteiger partial charge in [-0.2, -0.15) is 0 Å². The molecule has 0 unspecified atom stereocenters. The summed E-state index contributed by atoms with van der Waals surface area (Å²) in [5.41, 5.74) is 3.59. The minimum atomic E-state index is -0.380. The van der Waals surface area contributed by atoms with Gasteiger partial charge in [0.15, 0.2) is 5.88 Å². The topological polar surface area (TPSA) is 78.3 Å². The van der Waals surface area contributed by atoms with E-state index >= 15 is 0 Å². The number of fused-ring (bicyclic) bond motifs is 1. The summed E-state index contributed by atoms with van der Waals surface area (Å²) in [4.78, 5) is 22.8. The number of amides is 1. The predicted molar refractivity (Wildman–Crippen MR) is 87.1 cm³/mol. The molecule has 0 fully saturated rings. The smallest absolute Gasteiger partial charge is 0.280 e. The third-order valence-corrected chi connectivity index (χ3v) is 3.98. The van der Waals surface area contributed by atoms with Crippen molar-refractivity contribution in [3.8, 4) is 17.0 Å². The number of aliphatic imine (C=N–C) groups is 1. The molecule has 2 N–H and O–H groups in total. The largest absolute Gasteiger partial charge is 0.494 e. The molecule has 0 bridgehead atoms. The van der Waals surface area contributed by atoms with Gasteiger partial charge in [-0.15, -0.1) is 0 Å². The Bertz CT molecular complexity index is 941. The second-order valence-corrected chi connectivity index (χ2v) is 5.57. The molecule has 3 heterocycles. The number of aromatic amines is 1. The van der Waals surface area contributed by atoms with Crippen molar-refractivity contribution < 1.29 is 9.90 Å². The number of nitrogens with one attached hydrogen (secondary N) is 1. The Labute approximate surface area is 136 Å². The van der Waals surface area contributed by atoms with Crippen LogP contribution >= 0.6 is 11.6 Å². The number of hydrogen-bond acceptors (Lipinski definition) is 3. The molecule has 23 heavy (non-hydrogen) atoms. The molecule has 2 aromatic heterocycles. The van der Waals surface area contributed by atoms with E-state index in [2.05, 4.69) is 15.0 Å². The van der Waals surface area contributed by atoms with Crippen LogP contribution in [0.15, 0.2) is 53.8 Å². The van der Waals surface area contributed by atoms with Gasteiger partial charge in [-0.3, -0.25) is 9.78 Å². The number of carbonyl (C=O) groups excluding carboxylic acids is 1. The fourth-order valence-electron chi connectivity index (χ4n) is 2.57. The summed E-state index contributed by atoms with van der Waals surface area (Å²) in [5.74, 6) is -0.455. The van der Waals surface area contributed by atoms with Crippen LogP contribution in [-0.4, -0.2) is 26.7 Å². The number of pyridine rings is 1. The van der Waals surface area contributed by atoms with Crippen molar-refractivity contribution in [1.82, 2.24) is 9.97 Å². The molecule has 0 radical (unpaired) electrons. The molecule has 1 amide bonds. The molecule has 1 aliphatic heterocycles. The van der Waals surface area contributed by atoms with E-state index in [9.17, 15) is 9.90 Å². The fourth-order valence-corrected chi connectivity index (χ4v) is 2.70. The number of benzene rings is 1. The molecule has 1 aliphatic rings. The molecule has 0 aliphatic carbocycles. The molecular formula is C17H10ClN3O2. The maximum absolute atomic E-state index is 11.8. The Morgan fingerprint density at radius 2 is 1.78 bits per heavy atom. The van der Waals surface area contributed by atoms with E-state index in [4.69, 9.17) is 11.6 Å². The summed E-state index contributed by atoms with van der Waals surface area (Å²) < 4.78 is 0. The van der Waals surface area contributed by atoms with E-state index in [1.165, 1.54) is 6.20 Å². The molecule has 3 aromatic rings. The van der Waals surface area contributed by atoms with Gasteiger partial charge in [-0.05, 0) is 23.8 Å². The van der Waals surface area contributed by atoms with Crippen LogP contribution in [0.5, 0.6) is 5.88 Å². The van der Waals surface area contributed by atoms with E-state index < -0.39 is 0 Å². The summed E-state index contributed by atoms with van der Waals surface area (Å²) in [6.45, 7) is 0. The van der Waals surface area contributed by atoms with Gasteiger partial charge in [0.05, 0.1) is 16.8 Å². The second-order valence-electron chi connectivity index (χ2n) is 5.13. The number of rotatable bonds is 2. The Kier molecular flexibility index (Phi) is 3.02. The Morgan fingerprint density at radius 3 is 2.48 bits per heavy atom. The lowest BCUT2D eigenvalue weighted by atomic mass is 10.0. The molecule has 0 saturated heterocycles. The molecule has 0 spiro atoms. The van der Waals surface area contributed by atoms with Gasteiger partial charge in [-0.1, -0.05) is 29.8 Å². The van der Waals surface area contributed by atoms with E-state index in [1.807, 2.05) is 30.3 Å². The van der Waals surface area contributed by atoms with Crippen molar-refractivity contribution in [1.29, 1.82) is 0 Å². The molecule has 4 rings (SSSR count). The van der Waals surface area contributed by atoms with Crippen LogP contribution in [0.1, 0.15) is 21.6 Å². The lowest BCUT2D eigenvalue weighted by molar-refractivity contribution is 0.101. The summed E-state index contributed by atoms with van der Waals surface area (Å²) in [5, 5.41) is 10.5. The van der Waals surface area contributed by atoms with Gasteiger partial charge >= 0.3 is 0 Å². The van der Waals surface area contributed by atoms with Crippen LogP contribution in [0.25, 0.3) is 11.1 Å². The zero-order chi connectivity index (χ0) is 16.0. The van der Waals surface area contributed by atoms with Crippen molar-refractivity contribution >= 4 is 23.2 Å². The predicted octanol–water partition coefficient (Wildman–Crippen LogP) is 3.43. The summed E-state index contributed by atoms with van der Waals surface area (Å²) in [7, 11) is 0. The fraction of sp³-hybridized carbons (Fsp3) is 0. The first-order valence-corrected chi connectivity index (χ1v) is 7.27. The quantitative estimate of drug-likeness (QED) is 0.758. The number of halogens is 1. The highest BCUT2D eigenvalue weighted by Gasteiger charge is 2.29. The maximum Gasteiger partial charge on any atom is 0.280 e. The second kappa shape index (κ2) is 5.07. The first-order chi connectivity index (χ1) is 11.1. The van der Waals surface area contributed by atoms with E-state index in [-0.39, 0.29) is 11.8 Å². The maximum atomic E-state index is 11.8. The van der Waals surface area contributed by atoms with E-state index in [0.717, 1.165) is 11.1 Å². The number of H-pyrrole nitrogens is 1. The van der Waals surface area contributed by atoms with Gasteiger partial charge in [-0.25, -0.2) is 4.99 Å². The van der Waals surface area contributed by atoms with Crippen molar-refractivity contribution in [2.45, 2.75) is 0 Å². The number of hydrogen-bond donors (Lipinski definition) is 2. The van der Waals surface area contributed by atoms with Crippen LogP contribution in [0.4, 0.5) is 0 Å². The highest BCUT2D eigenvalue weighted by atomic mass is 35.5. The Hall–Kier alpha value is -2.92. The minimum absolute atomic E-state index is 0.0758. The summed E-state index contributed by atoms with van der Waals surface area (Å²) in [6, 6.07) is 11.1. The van der Waals surface area contributed by atoms with Gasteiger partial charge in [0.25, 0.3) is 5.91 Å². The van der Waals surface area contributed by atoms with Gasteiger partial charge in [0, 0.05) is 23.0 Å². The lowest BCUT2D eigenvalue weighted by Gasteiger charge is -2.04. The normalized spacial score (nSPS) is 13.1. The van der Waals surface area contributed by atoms with Crippen LogP contribution in [0.2, 0.25) is 5.02 Å². The standard InChI is InChI=1S/C17H10ClN3O2/c18-11-4-1-9(2-5-11)10-3-6-13(19-7-10)15-14-12(16(22)21-15)8-20-17(14)23/h1-8,20,23H. The number of aromatic hydroxyl groups is 1. The first kappa shape index (κ1) is 13.7. The first-order valence-electron chi connectivity index (χ1n) is 6.89. The van der Waals surface area contributed by atoms with Crippen LogP contribution in [0.3, 0.4) is 0 Å². The molecule has 0 atom stereocenters. The van der Waals surface area contributed by atoms with E-state index in [1.54, 1.807) is 12.3 Å². The van der Waals surface area contributed by atoms with Crippen molar-refractivity contribution in [2.75, 3.05) is 0 Å². The SMILES string of the molecule is O=C1N=C(c2ccc(-c3ccc(Cl)cc3)cn2)c2c1c[nH]c2O. The monoisotopic (exact) mass is 323 g/mol. The molecular weight excluding hydrogens is 314 g/mol.